The van der Waals surface area contributed by atoms with Crippen LogP contribution >= 0.6 is 11.6 Å². The van der Waals surface area contributed by atoms with Gasteiger partial charge in [0.05, 0.1) is 6.20 Å². The standard InChI is InChI=1S/C5HClN2O2/c6-5(9)3-2-8-4(1-7)10-3/h2H. The first kappa shape index (κ1) is 6.78. The maximum absolute atomic E-state index is 10.3. The molecular weight excluding hydrogens is 156 g/mol. The van der Waals surface area contributed by atoms with Crippen LogP contribution < -0.4 is 0 Å². The molecule has 0 saturated heterocycles. The molecule has 0 spiro atoms. The van der Waals surface area contributed by atoms with E-state index in [1.54, 1.807) is 6.07 Å². The van der Waals surface area contributed by atoms with E-state index in [0.29, 0.717) is 0 Å². The van der Waals surface area contributed by atoms with Crippen molar-refractivity contribution in [2.75, 3.05) is 0 Å². The van der Waals surface area contributed by atoms with Crippen LogP contribution in [0.5, 0.6) is 0 Å². The van der Waals surface area contributed by atoms with E-state index in [0.717, 1.165) is 6.20 Å². The summed E-state index contributed by atoms with van der Waals surface area (Å²) < 4.78 is 4.54. The first-order chi connectivity index (χ1) is 4.74. The highest BCUT2D eigenvalue weighted by atomic mass is 35.5. The van der Waals surface area contributed by atoms with Crippen molar-refractivity contribution in [3.63, 3.8) is 0 Å². The molecule has 1 aromatic rings. The predicted octanol–water partition coefficient (Wildman–Crippen LogP) is 0.925. The van der Waals surface area contributed by atoms with Crippen molar-refractivity contribution in [3.8, 4) is 6.07 Å². The van der Waals surface area contributed by atoms with E-state index < -0.39 is 5.24 Å². The average Bonchev–Trinajstić information content (AvgIpc) is 2.34. The molecule has 0 aliphatic heterocycles. The first-order valence-electron chi connectivity index (χ1n) is 2.30. The van der Waals surface area contributed by atoms with Crippen molar-refractivity contribution in [2.45, 2.75) is 0 Å². The summed E-state index contributed by atoms with van der Waals surface area (Å²) in [4.78, 5) is 13.7. The number of carbonyl (C=O) groups is 1. The molecule has 0 fully saturated rings. The zero-order valence-corrected chi connectivity index (χ0v) is 5.42. The third kappa shape index (κ3) is 1.14. The molecule has 0 N–H and O–H groups in total. The van der Waals surface area contributed by atoms with Gasteiger partial charge in [0.15, 0.2) is 6.07 Å². The van der Waals surface area contributed by atoms with Gasteiger partial charge in [-0.2, -0.15) is 5.26 Å². The Kier molecular flexibility index (Phi) is 1.69. The molecule has 0 atom stereocenters. The normalized spacial score (nSPS) is 8.80. The second-order valence-electron chi connectivity index (χ2n) is 1.42. The van der Waals surface area contributed by atoms with Crippen LogP contribution in [-0.4, -0.2) is 10.2 Å². The number of nitriles is 1. The van der Waals surface area contributed by atoms with Gasteiger partial charge in [0, 0.05) is 0 Å². The van der Waals surface area contributed by atoms with Gasteiger partial charge in [-0.1, -0.05) is 0 Å². The summed E-state index contributed by atoms with van der Waals surface area (Å²) in [6.07, 6.45) is 1.11. The second kappa shape index (κ2) is 2.50. The highest BCUT2D eigenvalue weighted by Crippen LogP contribution is 2.04. The molecule has 1 aromatic heterocycles. The Morgan fingerprint density at radius 2 is 2.60 bits per heavy atom. The van der Waals surface area contributed by atoms with E-state index in [-0.39, 0.29) is 11.7 Å². The number of oxazole rings is 1. The summed E-state index contributed by atoms with van der Waals surface area (Å²) in [5.41, 5.74) is 0. The largest absolute Gasteiger partial charge is 0.424 e. The smallest absolute Gasteiger partial charge is 0.301 e. The van der Waals surface area contributed by atoms with Gasteiger partial charge in [-0.05, 0) is 11.6 Å². The number of hydrogen-bond acceptors (Lipinski definition) is 4. The van der Waals surface area contributed by atoms with Crippen LogP contribution in [0.3, 0.4) is 0 Å². The molecule has 0 aliphatic rings. The van der Waals surface area contributed by atoms with Gasteiger partial charge in [-0.25, -0.2) is 4.98 Å². The van der Waals surface area contributed by atoms with Crippen LogP contribution in [0, 0.1) is 11.3 Å². The summed E-state index contributed by atoms with van der Waals surface area (Å²) >= 11 is 4.99. The molecule has 10 heavy (non-hydrogen) atoms. The molecule has 0 unspecified atom stereocenters. The average molecular weight is 157 g/mol. The Bertz CT molecular complexity index is 299. The minimum Gasteiger partial charge on any atom is -0.424 e. The van der Waals surface area contributed by atoms with E-state index >= 15 is 0 Å². The minimum absolute atomic E-state index is 0.113. The highest BCUT2D eigenvalue weighted by molar-refractivity contribution is 6.67. The van der Waals surface area contributed by atoms with Gasteiger partial charge in [-0.3, -0.25) is 4.79 Å². The maximum atomic E-state index is 10.3. The minimum atomic E-state index is -0.756. The van der Waals surface area contributed by atoms with E-state index in [2.05, 4.69) is 9.40 Å². The third-order valence-electron chi connectivity index (χ3n) is 0.795. The van der Waals surface area contributed by atoms with Gasteiger partial charge < -0.3 is 4.42 Å². The molecule has 1 heterocycles. The van der Waals surface area contributed by atoms with Crippen molar-refractivity contribution in [1.82, 2.24) is 4.98 Å². The summed E-state index contributed by atoms with van der Waals surface area (Å²) in [5.74, 6) is -0.276. The van der Waals surface area contributed by atoms with Gasteiger partial charge in [0.1, 0.15) is 0 Å². The number of nitrogens with zero attached hydrogens (tertiary/aromatic N) is 2. The van der Waals surface area contributed by atoms with E-state index in [4.69, 9.17) is 16.9 Å². The van der Waals surface area contributed by atoms with Gasteiger partial charge in [0.2, 0.25) is 5.76 Å². The van der Waals surface area contributed by atoms with Crippen LogP contribution in [0.15, 0.2) is 10.6 Å². The predicted molar refractivity (Wildman–Crippen MR) is 31.4 cm³/mol. The van der Waals surface area contributed by atoms with Crippen molar-refractivity contribution in [3.05, 3.63) is 17.8 Å². The van der Waals surface area contributed by atoms with Crippen LogP contribution in [0.1, 0.15) is 16.4 Å². The molecular formula is C5HClN2O2. The lowest BCUT2D eigenvalue weighted by molar-refractivity contribution is 0.105. The van der Waals surface area contributed by atoms with Crippen LogP contribution in [0.4, 0.5) is 0 Å². The quantitative estimate of drug-likeness (QED) is 0.567. The van der Waals surface area contributed by atoms with Gasteiger partial charge in [0.25, 0.3) is 5.24 Å². The highest BCUT2D eigenvalue weighted by Gasteiger charge is 2.07. The Balaban J connectivity index is 3.02. The summed E-state index contributed by atoms with van der Waals surface area (Å²) in [7, 11) is 0. The lowest BCUT2D eigenvalue weighted by atomic mass is 10.6. The molecule has 0 bridgehead atoms. The second-order valence-corrected chi connectivity index (χ2v) is 1.76. The fraction of sp³-hybridized carbons (Fsp3) is 0. The Hall–Kier alpha value is -1.34. The summed E-state index contributed by atoms with van der Waals surface area (Å²) in [6, 6.07) is 1.61. The summed E-state index contributed by atoms with van der Waals surface area (Å²) in [6.45, 7) is 0. The topological polar surface area (TPSA) is 66.9 Å². The molecule has 5 heteroatoms. The molecule has 0 amide bonds. The number of halogens is 1. The van der Waals surface area contributed by atoms with Crippen LogP contribution in [0.25, 0.3) is 0 Å². The maximum Gasteiger partial charge on any atom is 0.301 e. The van der Waals surface area contributed by atoms with E-state index in [1.807, 2.05) is 0 Å². The summed E-state index contributed by atoms with van der Waals surface area (Å²) in [5, 5.41) is 7.42. The number of carbonyl (C=O) groups excluding carboxylic acids is 1. The Morgan fingerprint density at radius 3 is 2.90 bits per heavy atom. The van der Waals surface area contributed by atoms with Crippen molar-refractivity contribution in [1.29, 1.82) is 5.26 Å². The van der Waals surface area contributed by atoms with Gasteiger partial charge in [-0.15, -0.1) is 0 Å². The fourth-order valence-corrected chi connectivity index (χ4v) is 0.504. The Morgan fingerprint density at radius 1 is 1.90 bits per heavy atom. The lowest BCUT2D eigenvalue weighted by Crippen LogP contribution is -1.81. The zero-order valence-electron chi connectivity index (χ0n) is 4.67. The van der Waals surface area contributed by atoms with Crippen molar-refractivity contribution >= 4 is 16.8 Å². The van der Waals surface area contributed by atoms with Crippen LogP contribution in [0.2, 0.25) is 0 Å². The monoisotopic (exact) mass is 156 g/mol. The Labute approximate surface area is 61.0 Å². The first-order valence-corrected chi connectivity index (χ1v) is 2.67. The number of rotatable bonds is 1. The number of aromatic nitrogens is 1. The third-order valence-corrected chi connectivity index (χ3v) is 0.981. The molecule has 0 saturated carbocycles. The molecule has 50 valence electrons. The SMILES string of the molecule is N#Cc1ncc(C(=O)Cl)o1. The molecule has 0 aliphatic carbocycles. The van der Waals surface area contributed by atoms with E-state index in [9.17, 15) is 4.79 Å². The molecule has 4 nitrogen and oxygen atoms in total. The zero-order chi connectivity index (χ0) is 7.56. The van der Waals surface area contributed by atoms with Gasteiger partial charge >= 0.3 is 5.89 Å². The van der Waals surface area contributed by atoms with Crippen molar-refractivity contribution in [2.24, 2.45) is 0 Å². The number of hydrogen-bond donors (Lipinski definition) is 0. The lowest BCUT2D eigenvalue weighted by Gasteiger charge is -1.77. The van der Waals surface area contributed by atoms with Crippen LogP contribution in [-0.2, 0) is 0 Å². The van der Waals surface area contributed by atoms with Crippen molar-refractivity contribution < 1.29 is 9.21 Å². The fourth-order valence-electron chi connectivity index (χ4n) is 0.417. The molecule has 0 radical (unpaired) electrons. The van der Waals surface area contributed by atoms with E-state index in [1.165, 1.54) is 0 Å². The molecule has 1 rings (SSSR count). The molecule has 0 aromatic carbocycles.